The fourth-order valence-corrected chi connectivity index (χ4v) is 2.19. The van der Waals surface area contributed by atoms with Crippen molar-refractivity contribution in [2.75, 3.05) is 19.6 Å². The summed E-state index contributed by atoms with van der Waals surface area (Å²) in [6.45, 7) is 5.29. The molecule has 1 aromatic rings. The van der Waals surface area contributed by atoms with Crippen molar-refractivity contribution in [1.82, 2.24) is 10.2 Å². The lowest BCUT2D eigenvalue weighted by Crippen LogP contribution is -2.49. The van der Waals surface area contributed by atoms with Gasteiger partial charge in [0.25, 0.3) is 0 Å². The highest BCUT2D eigenvalue weighted by atomic mass is 19.1. The molecule has 1 amide bonds. The van der Waals surface area contributed by atoms with Crippen molar-refractivity contribution >= 4 is 5.91 Å². The van der Waals surface area contributed by atoms with Crippen molar-refractivity contribution in [2.45, 2.75) is 19.5 Å². The first kappa shape index (κ1) is 13.0. The van der Waals surface area contributed by atoms with Crippen molar-refractivity contribution in [3.63, 3.8) is 0 Å². The maximum Gasteiger partial charge on any atom is 0.248 e. The molecule has 0 radical (unpaired) electrons. The second-order valence-corrected chi connectivity index (χ2v) is 4.69. The van der Waals surface area contributed by atoms with Gasteiger partial charge in [-0.2, -0.15) is 0 Å². The maximum absolute atomic E-state index is 13.7. The number of hydrogen-bond acceptors (Lipinski definition) is 3. The molecule has 4 nitrogen and oxygen atoms in total. The van der Waals surface area contributed by atoms with Crippen LogP contribution in [0.25, 0.3) is 0 Å². The zero-order chi connectivity index (χ0) is 13.1. The minimum absolute atomic E-state index is 0.286. The van der Waals surface area contributed by atoms with Gasteiger partial charge in [0.15, 0.2) is 0 Å². The largest absolute Gasteiger partial charge is 0.366 e. The van der Waals surface area contributed by atoms with E-state index in [2.05, 4.69) is 17.1 Å². The van der Waals surface area contributed by atoms with E-state index in [-0.39, 0.29) is 5.82 Å². The highest BCUT2D eigenvalue weighted by Crippen LogP contribution is 2.15. The molecular formula is C13H18FN3O. The second kappa shape index (κ2) is 5.46. The number of nitrogens with zero attached hydrogens (tertiary/aromatic N) is 1. The molecule has 1 aromatic carbocycles. The van der Waals surface area contributed by atoms with Gasteiger partial charge in [0.1, 0.15) is 5.82 Å². The van der Waals surface area contributed by atoms with E-state index in [1.54, 1.807) is 6.07 Å². The average molecular weight is 251 g/mol. The van der Waals surface area contributed by atoms with E-state index in [0.29, 0.717) is 23.7 Å². The van der Waals surface area contributed by atoms with Crippen LogP contribution >= 0.6 is 0 Å². The number of amides is 1. The Balaban J connectivity index is 2.17. The van der Waals surface area contributed by atoms with Gasteiger partial charge < -0.3 is 11.1 Å². The van der Waals surface area contributed by atoms with Crippen LogP contribution in [0.4, 0.5) is 4.39 Å². The molecule has 1 unspecified atom stereocenters. The lowest BCUT2D eigenvalue weighted by Gasteiger charge is -2.34. The van der Waals surface area contributed by atoms with E-state index in [9.17, 15) is 9.18 Å². The number of halogens is 1. The summed E-state index contributed by atoms with van der Waals surface area (Å²) in [4.78, 5) is 13.3. The number of nitrogens with one attached hydrogen (secondary N) is 1. The van der Waals surface area contributed by atoms with Gasteiger partial charge in [-0.3, -0.25) is 9.69 Å². The lowest BCUT2D eigenvalue weighted by atomic mass is 10.1. The summed E-state index contributed by atoms with van der Waals surface area (Å²) in [7, 11) is 0. The van der Waals surface area contributed by atoms with Crippen LogP contribution in [-0.4, -0.2) is 36.5 Å². The summed E-state index contributed by atoms with van der Waals surface area (Å²) in [5.74, 6) is -0.810. The van der Waals surface area contributed by atoms with Crippen molar-refractivity contribution in [3.8, 4) is 0 Å². The van der Waals surface area contributed by atoms with Gasteiger partial charge in [-0.25, -0.2) is 4.39 Å². The van der Waals surface area contributed by atoms with Crippen LogP contribution in [-0.2, 0) is 6.54 Å². The van der Waals surface area contributed by atoms with Crippen LogP contribution in [0.1, 0.15) is 22.8 Å². The standard InChI is InChI=1S/C13H18FN3O/c1-9-7-16-4-5-17(9)8-11-6-10(13(15)18)2-3-12(11)14/h2-3,6,9,16H,4-5,7-8H2,1H3,(H2,15,18). The van der Waals surface area contributed by atoms with Gasteiger partial charge in [0.2, 0.25) is 5.91 Å². The fraction of sp³-hybridized carbons (Fsp3) is 0.462. The third-order valence-corrected chi connectivity index (χ3v) is 3.34. The van der Waals surface area contributed by atoms with Crippen LogP contribution < -0.4 is 11.1 Å². The molecule has 2 rings (SSSR count). The zero-order valence-electron chi connectivity index (χ0n) is 10.4. The Hall–Kier alpha value is -1.46. The van der Waals surface area contributed by atoms with Gasteiger partial charge in [-0.05, 0) is 25.1 Å². The SMILES string of the molecule is CC1CNCCN1Cc1cc(C(N)=O)ccc1F. The summed E-state index contributed by atoms with van der Waals surface area (Å²) in [5, 5.41) is 3.28. The minimum atomic E-state index is -0.524. The molecule has 0 bridgehead atoms. The van der Waals surface area contributed by atoms with E-state index in [4.69, 9.17) is 5.73 Å². The first-order chi connectivity index (χ1) is 8.58. The van der Waals surface area contributed by atoms with Gasteiger partial charge in [0.05, 0.1) is 0 Å². The summed E-state index contributed by atoms with van der Waals surface area (Å²) in [5.41, 5.74) is 6.09. The molecule has 3 N–H and O–H groups in total. The number of piperazine rings is 1. The topological polar surface area (TPSA) is 58.4 Å². The third-order valence-electron chi connectivity index (χ3n) is 3.34. The van der Waals surface area contributed by atoms with Crippen LogP contribution in [0.3, 0.4) is 0 Å². The molecular weight excluding hydrogens is 233 g/mol. The Kier molecular flexibility index (Phi) is 3.93. The minimum Gasteiger partial charge on any atom is -0.366 e. The highest BCUT2D eigenvalue weighted by Gasteiger charge is 2.19. The smallest absolute Gasteiger partial charge is 0.248 e. The number of nitrogens with two attached hydrogens (primary N) is 1. The van der Waals surface area contributed by atoms with Gasteiger partial charge in [-0.1, -0.05) is 0 Å². The molecule has 98 valence electrons. The van der Waals surface area contributed by atoms with E-state index in [1.165, 1.54) is 12.1 Å². The van der Waals surface area contributed by atoms with Gasteiger partial charge in [0, 0.05) is 43.3 Å². The molecule has 1 heterocycles. The zero-order valence-corrected chi connectivity index (χ0v) is 10.4. The van der Waals surface area contributed by atoms with Crippen molar-refractivity contribution in [1.29, 1.82) is 0 Å². The molecule has 0 spiro atoms. The first-order valence-corrected chi connectivity index (χ1v) is 6.11. The predicted molar refractivity (Wildman–Crippen MR) is 67.7 cm³/mol. The molecule has 0 aliphatic carbocycles. The molecule has 1 aliphatic heterocycles. The molecule has 0 aromatic heterocycles. The lowest BCUT2D eigenvalue weighted by molar-refractivity contribution is 0.1000. The Labute approximate surface area is 106 Å². The Morgan fingerprint density at radius 1 is 1.61 bits per heavy atom. The monoisotopic (exact) mass is 251 g/mol. The summed E-state index contributed by atoms with van der Waals surface area (Å²) in [6.07, 6.45) is 0. The molecule has 1 atom stereocenters. The highest BCUT2D eigenvalue weighted by molar-refractivity contribution is 5.92. The van der Waals surface area contributed by atoms with E-state index >= 15 is 0 Å². The second-order valence-electron chi connectivity index (χ2n) is 4.69. The van der Waals surface area contributed by atoms with Crippen molar-refractivity contribution < 1.29 is 9.18 Å². The Bertz CT molecular complexity index is 450. The van der Waals surface area contributed by atoms with Crippen molar-refractivity contribution in [2.24, 2.45) is 5.73 Å². The number of carbonyl (C=O) groups excluding carboxylic acids is 1. The van der Waals surface area contributed by atoms with Crippen LogP contribution in [0.5, 0.6) is 0 Å². The Morgan fingerprint density at radius 2 is 2.39 bits per heavy atom. The number of rotatable bonds is 3. The Morgan fingerprint density at radius 3 is 3.06 bits per heavy atom. The molecule has 5 heteroatoms. The maximum atomic E-state index is 13.7. The van der Waals surface area contributed by atoms with Crippen molar-refractivity contribution in [3.05, 3.63) is 35.1 Å². The molecule has 1 aliphatic rings. The molecule has 18 heavy (non-hydrogen) atoms. The first-order valence-electron chi connectivity index (χ1n) is 6.11. The normalized spacial score (nSPS) is 20.9. The summed E-state index contributed by atoms with van der Waals surface area (Å²) >= 11 is 0. The molecule has 1 saturated heterocycles. The third kappa shape index (κ3) is 2.86. The summed E-state index contributed by atoms with van der Waals surface area (Å²) < 4.78 is 13.7. The van der Waals surface area contributed by atoms with E-state index in [0.717, 1.165) is 19.6 Å². The summed E-state index contributed by atoms with van der Waals surface area (Å²) in [6, 6.07) is 4.63. The van der Waals surface area contributed by atoms with E-state index < -0.39 is 5.91 Å². The number of benzene rings is 1. The van der Waals surface area contributed by atoms with Crippen LogP contribution in [0.2, 0.25) is 0 Å². The van der Waals surface area contributed by atoms with Crippen LogP contribution in [0.15, 0.2) is 18.2 Å². The number of primary amides is 1. The average Bonchev–Trinajstić information content (AvgIpc) is 2.34. The number of carbonyl (C=O) groups is 1. The fourth-order valence-electron chi connectivity index (χ4n) is 2.19. The molecule has 1 fully saturated rings. The van der Waals surface area contributed by atoms with Crippen LogP contribution in [0, 0.1) is 5.82 Å². The van der Waals surface area contributed by atoms with Gasteiger partial charge >= 0.3 is 0 Å². The van der Waals surface area contributed by atoms with Gasteiger partial charge in [-0.15, -0.1) is 0 Å². The quantitative estimate of drug-likeness (QED) is 0.832. The molecule has 0 saturated carbocycles. The number of hydrogen-bond donors (Lipinski definition) is 2. The van der Waals surface area contributed by atoms with E-state index in [1.807, 2.05) is 0 Å². The predicted octanol–water partition coefficient (Wildman–Crippen LogP) is 0.718.